The van der Waals surface area contributed by atoms with Gasteiger partial charge in [-0.1, -0.05) is 13.8 Å². The van der Waals surface area contributed by atoms with E-state index in [1.807, 2.05) is 13.8 Å². The molecule has 6 atom stereocenters. The minimum atomic E-state index is -5.14. The topological polar surface area (TPSA) is 131 Å². The first-order chi connectivity index (χ1) is 20.7. The van der Waals surface area contributed by atoms with Crippen LogP contribution in [-0.2, 0) is 19.2 Å². The Morgan fingerprint density at radius 1 is 1.02 bits per heavy atom. The quantitative estimate of drug-likeness (QED) is 0.405. The standard InChI is InChI=1S/C32H42F3N5O4/c1-30(2)22-14-40(24(23(22)30)27(42)38-20(12-36)8-21-19-6-18(7-19)13-37-26(21)41)28(43)25(39-29(44)32(33,34)35)31-9-15-3-16(10-31)5-17(4-15)11-31/h15-25H,3-11,13-14H2,1-2H3,(H,37,41)(H,38,42)(H,39,44). The summed E-state index contributed by atoms with van der Waals surface area (Å²) >= 11 is 0. The molecule has 3 saturated heterocycles. The van der Waals surface area contributed by atoms with Gasteiger partial charge < -0.3 is 20.9 Å². The number of carbonyl (C=O) groups excluding carboxylic acids is 4. The van der Waals surface area contributed by atoms with E-state index in [-0.39, 0.29) is 48.0 Å². The van der Waals surface area contributed by atoms with Crippen LogP contribution >= 0.6 is 0 Å². The van der Waals surface area contributed by atoms with E-state index in [0.29, 0.717) is 49.5 Å². The van der Waals surface area contributed by atoms with Crippen LogP contribution in [0.4, 0.5) is 13.2 Å². The maximum Gasteiger partial charge on any atom is 0.471 e. The second kappa shape index (κ2) is 10.1. The molecule has 3 heterocycles. The van der Waals surface area contributed by atoms with Crippen molar-refractivity contribution >= 4 is 23.6 Å². The van der Waals surface area contributed by atoms with Crippen LogP contribution in [0, 0.1) is 69.5 Å². The molecule has 6 unspecified atom stereocenters. The van der Waals surface area contributed by atoms with Crippen LogP contribution in [-0.4, -0.2) is 65.9 Å². The van der Waals surface area contributed by atoms with Crippen LogP contribution in [0.15, 0.2) is 0 Å². The number of nitrogens with one attached hydrogen (secondary N) is 3. The third-order valence-electron chi connectivity index (χ3n) is 12.9. The zero-order valence-corrected chi connectivity index (χ0v) is 25.3. The Balaban J connectivity index is 1.14. The normalized spacial score (nSPS) is 42.1. The van der Waals surface area contributed by atoms with Gasteiger partial charge in [-0.15, -0.1) is 0 Å². The van der Waals surface area contributed by atoms with E-state index in [0.717, 1.165) is 32.1 Å². The lowest BCUT2D eigenvalue weighted by Crippen LogP contribution is -2.65. The summed E-state index contributed by atoms with van der Waals surface area (Å²) in [4.78, 5) is 54.9. The number of halogens is 3. The molecule has 6 saturated carbocycles. The molecule has 0 aromatic carbocycles. The third-order valence-corrected chi connectivity index (χ3v) is 12.9. The number of amides is 4. The average molecular weight is 618 g/mol. The zero-order chi connectivity index (χ0) is 31.3. The molecule has 0 aromatic heterocycles. The van der Waals surface area contributed by atoms with Gasteiger partial charge in [0.25, 0.3) is 0 Å². The molecule has 9 rings (SSSR count). The van der Waals surface area contributed by atoms with Gasteiger partial charge in [0.1, 0.15) is 18.1 Å². The average Bonchev–Trinajstić information content (AvgIpc) is 3.30. The summed E-state index contributed by atoms with van der Waals surface area (Å²) in [6, 6.07) is -1.15. The highest BCUT2D eigenvalue weighted by Gasteiger charge is 2.70. The molecular formula is C32H42F3N5O4. The molecule has 6 aliphatic carbocycles. The third kappa shape index (κ3) is 4.79. The monoisotopic (exact) mass is 617 g/mol. The molecular weight excluding hydrogens is 575 g/mol. The Bertz CT molecular complexity index is 1270. The second-order valence-electron chi connectivity index (χ2n) is 15.9. The minimum Gasteiger partial charge on any atom is -0.356 e. The Kier molecular flexibility index (Phi) is 6.84. The van der Waals surface area contributed by atoms with Crippen molar-refractivity contribution in [3.63, 3.8) is 0 Å². The Morgan fingerprint density at radius 3 is 2.20 bits per heavy atom. The predicted octanol–water partition coefficient (Wildman–Crippen LogP) is 2.90. The molecule has 6 bridgehead atoms. The van der Waals surface area contributed by atoms with Gasteiger partial charge in [0.05, 0.1) is 6.07 Å². The van der Waals surface area contributed by atoms with E-state index < -0.39 is 47.4 Å². The predicted molar refractivity (Wildman–Crippen MR) is 150 cm³/mol. The van der Waals surface area contributed by atoms with Gasteiger partial charge in [-0.05, 0) is 105 Å². The number of fused-ring (bicyclic) bond motifs is 4. The highest BCUT2D eigenvalue weighted by molar-refractivity contribution is 5.95. The summed E-state index contributed by atoms with van der Waals surface area (Å²) in [7, 11) is 0. The first-order valence-corrected chi connectivity index (χ1v) is 16.4. The molecule has 0 radical (unpaired) electrons. The highest BCUT2D eigenvalue weighted by atomic mass is 19.4. The molecule has 9 nitrogen and oxygen atoms in total. The largest absolute Gasteiger partial charge is 0.471 e. The van der Waals surface area contributed by atoms with Crippen molar-refractivity contribution in [1.82, 2.24) is 20.9 Å². The summed E-state index contributed by atoms with van der Waals surface area (Å²) in [6.45, 7) is 4.86. The number of nitrogens with zero attached hydrogens (tertiary/aromatic N) is 2. The van der Waals surface area contributed by atoms with Crippen LogP contribution in [0.1, 0.15) is 71.6 Å². The molecule has 9 aliphatic rings. The number of rotatable bonds is 7. The number of alkyl halides is 3. The fourth-order valence-electron chi connectivity index (χ4n) is 11.0. The van der Waals surface area contributed by atoms with Crippen molar-refractivity contribution in [3.05, 3.63) is 0 Å². The van der Waals surface area contributed by atoms with E-state index in [1.54, 1.807) is 0 Å². The molecule has 3 aliphatic heterocycles. The summed E-state index contributed by atoms with van der Waals surface area (Å²) in [5, 5.41) is 17.9. The van der Waals surface area contributed by atoms with Gasteiger partial charge >= 0.3 is 12.1 Å². The molecule has 3 N–H and O–H groups in total. The van der Waals surface area contributed by atoms with E-state index in [2.05, 4.69) is 22.0 Å². The molecule has 44 heavy (non-hydrogen) atoms. The Morgan fingerprint density at radius 2 is 1.64 bits per heavy atom. The van der Waals surface area contributed by atoms with Crippen LogP contribution in [0.25, 0.3) is 0 Å². The Hall–Kier alpha value is -2.84. The zero-order valence-electron chi connectivity index (χ0n) is 25.3. The first kappa shape index (κ1) is 29.8. The summed E-state index contributed by atoms with van der Waals surface area (Å²) in [5.74, 6) is -2.38. The van der Waals surface area contributed by atoms with E-state index in [1.165, 1.54) is 4.90 Å². The Labute approximate surface area is 255 Å². The SMILES string of the molecule is CC1(C)C2CN(C(=O)C(NC(=O)C(F)(F)F)C34CC5CC(CC(C5)C3)C4)C(C(=O)NC(C#N)CC3C(=O)NCC4CC3C4)C21. The van der Waals surface area contributed by atoms with Crippen molar-refractivity contribution in [2.45, 2.75) is 95.9 Å². The number of carbonyl (C=O) groups is 4. The van der Waals surface area contributed by atoms with Gasteiger partial charge in [0.2, 0.25) is 17.7 Å². The maximum absolute atomic E-state index is 14.5. The molecule has 0 aromatic rings. The van der Waals surface area contributed by atoms with Crippen molar-refractivity contribution in [2.24, 2.45) is 58.2 Å². The fraction of sp³-hybridized carbons (Fsp3) is 0.844. The van der Waals surface area contributed by atoms with Crippen LogP contribution in [0.2, 0.25) is 0 Å². The summed E-state index contributed by atoms with van der Waals surface area (Å²) in [6.07, 6.45) is 1.67. The molecule has 240 valence electrons. The molecule has 12 heteroatoms. The van der Waals surface area contributed by atoms with Gasteiger partial charge in [0.15, 0.2) is 0 Å². The molecule has 0 spiro atoms. The highest BCUT2D eigenvalue weighted by Crippen LogP contribution is 2.66. The van der Waals surface area contributed by atoms with E-state index in [9.17, 15) is 37.6 Å². The van der Waals surface area contributed by atoms with E-state index >= 15 is 0 Å². The van der Waals surface area contributed by atoms with Crippen LogP contribution in [0.5, 0.6) is 0 Å². The van der Waals surface area contributed by atoms with Gasteiger partial charge in [-0.2, -0.15) is 18.4 Å². The fourth-order valence-corrected chi connectivity index (χ4v) is 11.0. The number of nitriles is 1. The summed E-state index contributed by atoms with van der Waals surface area (Å²) < 4.78 is 40.8. The van der Waals surface area contributed by atoms with Crippen LogP contribution in [0.3, 0.4) is 0 Å². The van der Waals surface area contributed by atoms with Crippen molar-refractivity contribution < 1.29 is 32.3 Å². The van der Waals surface area contributed by atoms with Crippen molar-refractivity contribution in [3.8, 4) is 6.07 Å². The summed E-state index contributed by atoms with van der Waals surface area (Å²) in [5.41, 5.74) is -1.02. The number of piperidine rings is 1. The number of hydrogen-bond donors (Lipinski definition) is 3. The van der Waals surface area contributed by atoms with Gasteiger partial charge in [-0.25, -0.2) is 0 Å². The van der Waals surface area contributed by atoms with Gasteiger partial charge in [-0.3, -0.25) is 19.2 Å². The lowest BCUT2D eigenvalue weighted by molar-refractivity contribution is -0.179. The van der Waals surface area contributed by atoms with Crippen LogP contribution < -0.4 is 16.0 Å². The molecule has 9 fully saturated rings. The van der Waals surface area contributed by atoms with E-state index in [4.69, 9.17) is 0 Å². The lowest BCUT2D eigenvalue weighted by Gasteiger charge is -2.59. The maximum atomic E-state index is 14.5. The minimum absolute atomic E-state index is 0.0161. The second-order valence-corrected chi connectivity index (χ2v) is 15.9. The molecule has 4 amide bonds. The lowest BCUT2D eigenvalue weighted by atomic mass is 9.47. The number of likely N-dealkylation sites (tertiary alicyclic amines) is 1. The van der Waals surface area contributed by atoms with Crippen molar-refractivity contribution in [1.29, 1.82) is 5.26 Å². The number of hydrogen-bond acceptors (Lipinski definition) is 5. The first-order valence-electron chi connectivity index (χ1n) is 16.4. The smallest absolute Gasteiger partial charge is 0.356 e. The van der Waals surface area contributed by atoms with Gasteiger partial charge in [0, 0.05) is 24.4 Å². The van der Waals surface area contributed by atoms with Crippen molar-refractivity contribution in [2.75, 3.05) is 13.1 Å².